The second-order valence-corrected chi connectivity index (χ2v) is 13.5. The lowest BCUT2D eigenvalue weighted by Crippen LogP contribution is -2.43. The van der Waals surface area contributed by atoms with Gasteiger partial charge in [-0.1, -0.05) is 30.3 Å². The fourth-order valence-electron chi connectivity index (χ4n) is 3.88. The molecule has 0 fully saturated rings. The summed E-state index contributed by atoms with van der Waals surface area (Å²) in [6, 6.07) is 12.8. The van der Waals surface area contributed by atoms with Gasteiger partial charge in [0.1, 0.15) is 11.8 Å². The van der Waals surface area contributed by atoms with Crippen molar-refractivity contribution in [3.8, 4) is 5.75 Å². The molecule has 0 aliphatic rings. The molecule has 1 heterocycles. The Hall–Kier alpha value is -2.10. The Kier molecular flexibility index (Phi) is 9.35. The lowest BCUT2D eigenvalue weighted by molar-refractivity contribution is 0.0119. The van der Waals surface area contributed by atoms with Crippen LogP contribution in [0.15, 0.2) is 54.7 Å². The van der Waals surface area contributed by atoms with Crippen molar-refractivity contribution >= 4 is 29.5 Å². The van der Waals surface area contributed by atoms with Gasteiger partial charge in [0.25, 0.3) is 0 Å². The number of nitrogens with zero attached hydrogens (tertiary/aromatic N) is 1. The smallest absolute Gasteiger partial charge is 0.401 e. The van der Waals surface area contributed by atoms with Gasteiger partial charge in [-0.3, -0.25) is 4.57 Å². The number of methoxy groups -OCH3 is 1. The van der Waals surface area contributed by atoms with Crippen LogP contribution in [0.5, 0.6) is 5.75 Å². The maximum Gasteiger partial charge on any atom is 0.401 e. The molecular weight excluding hydrogens is 521 g/mol. The summed E-state index contributed by atoms with van der Waals surface area (Å²) in [4.78, 5) is 0. The Balaban J connectivity index is 2.27. The van der Waals surface area contributed by atoms with E-state index >= 15 is 8.78 Å². The first-order valence-electron chi connectivity index (χ1n) is 12.0. The van der Waals surface area contributed by atoms with E-state index in [-0.39, 0.29) is 18.8 Å². The molecule has 0 spiro atoms. The van der Waals surface area contributed by atoms with E-state index in [0.717, 1.165) is 5.56 Å². The van der Waals surface area contributed by atoms with Crippen LogP contribution in [0, 0.1) is 0 Å². The van der Waals surface area contributed by atoms with Crippen LogP contribution in [0.2, 0.25) is 0 Å². The van der Waals surface area contributed by atoms with Gasteiger partial charge in [-0.25, -0.2) is 8.93 Å². The number of alkyl halides is 2. The summed E-state index contributed by atoms with van der Waals surface area (Å²) in [6.07, 6.45) is 1.57. The Morgan fingerprint density at radius 3 is 2.22 bits per heavy atom. The Labute approximate surface area is 219 Å². The van der Waals surface area contributed by atoms with E-state index in [0.29, 0.717) is 23.2 Å². The van der Waals surface area contributed by atoms with Crippen molar-refractivity contribution in [2.45, 2.75) is 57.6 Å². The zero-order chi connectivity index (χ0) is 27.4. The molecule has 3 rings (SSSR count). The molecule has 1 aromatic heterocycles. The molecule has 0 saturated heterocycles. The summed E-state index contributed by atoms with van der Waals surface area (Å²) < 4.78 is 78.4. The molecular formula is C26H35F2N2O5PS. The molecule has 2 unspecified atom stereocenters. The summed E-state index contributed by atoms with van der Waals surface area (Å²) in [7, 11) is -5.43. The van der Waals surface area contributed by atoms with E-state index in [2.05, 4.69) is 4.72 Å². The normalized spacial score (nSPS) is 14.6. The monoisotopic (exact) mass is 556 g/mol. The van der Waals surface area contributed by atoms with Gasteiger partial charge < -0.3 is 18.4 Å². The predicted octanol–water partition coefficient (Wildman–Crippen LogP) is 6.65. The Morgan fingerprint density at radius 1 is 1.05 bits per heavy atom. The van der Waals surface area contributed by atoms with Gasteiger partial charge in [-0.15, -0.1) is 0 Å². The molecule has 0 saturated carbocycles. The number of hydrogen-bond donors (Lipinski definition) is 1. The molecule has 3 aromatic rings. The number of halogens is 2. The van der Waals surface area contributed by atoms with Crippen LogP contribution in [0.4, 0.5) is 8.78 Å². The second kappa shape index (κ2) is 11.7. The Bertz CT molecular complexity index is 1270. The van der Waals surface area contributed by atoms with Gasteiger partial charge in [-0.05, 0) is 58.4 Å². The number of nitrogens with one attached hydrogen (secondary N) is 1. The lowest BCUT2D eigenvalue weighted by Gasteiger charge is -2.33. The fourth-order valence-corrected chi connectivity index (χ4v) is 6.43. The third-order valence-corrected chi connectivity index (χ3v) is 9.46. The summed E-state index contributed by atoms with van der Waals surface area (Å²) in [5.74, 6) is 0.461. The Morgan fingerprint density at radius 2 is 1.68 bits per heavy atom. The summed E-state index contributed by atoms with van der Waals surface area (Å²) in [5.41, 5.74) is -2.33. The number of rotatable bonds is 12. The van der Waals surface area contributed by atoms with Crippen molar-refractivity contribution in [2.75, 3.05) is 20.3 Å². The SMILES string of the molecule is CCOP(=O)(OCC)C(F)(F)C(NS(=O)C(C)(C)C)c1cn(Cc2ccccc2)c2ccc(OC)cc12. The molecule has 1 N–H and O–H groups in total. The van der Waals surface area contributed by atoms with E-state index in [9.17, 15) is 8.77 Å². The van der Waals surface area contributed by atoms with Crippen molar-refractivity contribution in [3.05, 3.63) is 65.9 Å². The highest BCUT2D eigenvalue weighted by atomic mass is 32.2. The highest BCUT2D eigenvalue weighted by Crippen LogP contribution is 2.66. The molecule has 204 valence electrons. The number of benzene rings is 2. The molecule has 11 heteroatoms. The topological polar surface area (TPSA) is 78.8 Å². The second-order valence-electron chi connectivity index (χ2n) is 9.43. The highest BCUT2D eigenvalue weighted by Gasteiger charge is 2.60. The fraction of sp³-hybridized carbons (Fsp3) is 0.462. The van der Waals surface area contributed by atoms with Gasteiger partial charge in [0.15, 0.2) is 0 Å². The van der Waals surface area contributed by atoms with Crippen LogP contribution in [0.25, 0.3) is 10.9 Å². The summed E-state index contributed by atoms with van der Waals surface area (Å²) >= 11 is 0. The highest BCUT2D eigenvalue weighted by molar-refractivity contribution is 7.84. The van der Waals surface area contributed by atoms with Crippen molar-refractivity contribution in [1.82, 2.24) is 9.29 Å². The lowest BCUT2D eigenvalue weighted by atomic mass is 10.1. The molecule has 0 amide bonds. The molecule has 0 aliphatic heterocycles. The zero-order valence-corrected chi connectivity index (χ0v) is 23.7. The maximum atomic E-state index is 16.3. The molecule has 0 radical (unpaired) electrons. The van der Waals surface area contributed by atoms with E-state index in [1.807, 2.05) is 34.9 Å². The largest absolute Gasteiger partial charge is 0.497 e. The van der Waals surface area contributed by atoms with Crippen LogP contribution in [0.1, 0.15) is 51.8 Å². The first-order chi connectivity index (χ1) is 17.4. The van der Waals surface area contributed by atoms with Crippen LogP contribution in [0.3, 0.4) is 0 Å². The van der Waals surface area contributed by atoms with Crippen LogP contribution >= 0.6 is 7.60 Å². The minimum absolute atomic E-state index is 0.104. The van der Waals surface area contributed by atoms with Gasteiger partial charge in [0.2, 0.25) is 0 Å². The predicted molar refractivity (Wildman–Crippen MR) is 144 cm³/mol. The number of aromatic nitrogens is 1. The molecule has 7 nitrogen and oxygen atoms in total. The molecule has 0 bridgehead atoms. The van der Waals surface area contributed by atoms with Crippen LogP contribution in [-0.4, -0.2) is 39.5 Å². The van der Waals surface area contributed by atoms with Crippen LogP contribution in [-0.2, 0) is 31.1 Å². The number of fused-ring (bicyclic) bond motifs is 1. The van der Waals surface area contributed by atoms with Gasteiger partial charge in [-0.2, -0.15) is 8.78 Å². The van der Waals surface area contributed by atoms with Crippen molar-refractivity contribution in [2.24, 2.45) is 0 Å². The number of hydrogen-bond acceptors (Lipinski definition) is 5. The third kappa shape index (κ3) is 6.32. The molecule has 37 heavy (non-hydrogen) atoms. The average Bonchev–Trinajstić information content (AvgIpc) is 3.19. The van der Waals surface area contributed by atoms with E-state index in [4.69, 9.17) is 13.8 Å². The zero-order valence-electron chi connectivity index (χ0n) is 22.0. The van der Waals surface area contributed by atoms with Crippen LogP contribution < -0.4 is 9.46 Å². The van der Waals surface area contributed by atoms with E-state index < -0.39 is 35.0 Å². The van der Waals surface area contributed by atoms with Crippen molar-refractivity contribution in [1.29, 1.82) is 0 Å². The quantitative estimate of drug-likeness (QED) is 0.253. The van der Waals surface area contributed by atoms with Gasteiger partial charge >= 0.3 is 13.3 Å². The summed E-state index contributed by atoms with van der Waals surface area (Å²) in [6.45, 7) is 7.84. The third-order valence-electron chi connectivity index (χ3n) is 5.72. The maximum absolute atomic E-state index is 16.3. The average molecular weight is 557 g/mol. The molecule has 2 aromatic carbocycles. The number of ether oxygens (including phenoxy) is 1. The minimum Gasteiger partial charge on any atom is -0.497 e. The van der Waals surface area contributed by atoms with E-state index in [1.165, 1.54) is 21.0 Å². The first kappa shape index (κ1) is 29.5. The summed E-state index contributed by atoms with van der Waals surface area (Å²) in [5, 5.41) is 0.443. The molecule has 2 atom stereocenters. The minimum atomic E-state index is -4.98. The first-order valence-corrected chi connectivity index (χ1v) is 14.7. The van der Waals surface area contributed by atoms with Gasteiger partial charge in [0, 0.05) is 29.2 Å². The van der Waals surface area contributed by atoms with Gasteiger partial charge in [0.05, 0.1) is 36.1 Å². The molecule has 0 aliphatic carbocycles. The van der Waals surface area contributed by atoms with Crippen molar-refractivity contribution in [3.63, 3.8) is 0 Å². The van der Waals surface area contributed by atoms with Crippen molar-refractivity contribution < 1.29 is 31.3 Å². The standard InChI is InChI=1S/C26H35F2N2O5PS/c1-7-34-36(31,35-8-2)26(27,28)24(29-37(32)25(3,4)5)22-18-30(17-19-12-10-9-11-13-19)23-15-14-20(33-6)16-21(22)23/h9-16,18,24,29H,7-8,17H2,1-6H3. The van der Waals surface area contributed by atoms with E-state index in [1.54, 1.807) is 45.2 Å².